The summed E-state index contributed by atoms with van der Waals surface area (Å²) in [5.41, 5.74) is 3.45. The lowest BCUT2D eigenvalue weighted by atomic mass is 9.73. The Morgan fingerprint density at radius 3 is 2.50 bits per heavy atom. The van der Waals surface area contributed by atoms with Crippen molar-refractivity contribution in [3.63, 3.8) is 0 Å². The lowest BCUT2D eigenvalue weighted by Gasteiger charge is -2.49. The van der Waals surface area contributed by atoms with Crippen LogP contribution in [-0.2, 0) is 27.3 Å². The van der Waals surface area contributed by atoms with Gasteiger partial charge < -0.3 is 9.47 Å². The summed E-state index contributed by atoms with van der Waals surface area (Å²) in [6.07, 6.45) is 2.09. The molecule has 36 heavy (non-hydrogen) atoms. The van der Waals surface area contributed by atoms with E-state index in [1.165, 1.54) is 11.6 Å². The number of benzene rings is 3. The second-order valence-electron chi connectivity index (χ2n) is 9.88. The number of hydrogen-bond donors (Lipinski definition) is 1. The Morgan fingerprint density at radius 1 is 0.944 bits per heavy atom. The van der Waals surface area contributed by atoms with Crippen molar-refractivity contribution in [2.24, 2.45) is 11.8 Å². The fourth-order valence-corrected chi connectivity index (χ4v) is 5.81. The Bertz CT molecular complexity index is 1120. The molecule has 0 radical (unpaired) electrons. The summed E-state index contributed by atoms with van der Waals surface area (Å²) >= 11 is 0. The van der Waals surface area contributed by atoms with Gasteiger partial charge in [0.25, 0.3) is 0 Å². The standard InChI is InChI=1S/C30H35FN2O3/c31-27-11-6-10-24(19-27)28-12-5-4-9-25(28)20-30(36-32,26-13-16-34-17-14-26)29-22-33(15-18-35-29)21-23-7-2-1-3-8-23/h1-12,19,26,29H,13-18,20-22,32H2. The number of morpholine rings is 1. The van der Waals surface area contributed by atoms with E-state index >= 15 is 0 Å². The second-order valence-corrected chi connectivity index (χ2v) is 9.88. The minimum Gasteiger partial charge on any atom is -0.381 e. The molecule has 0 spiro atoms. The minimum atomic E-state index is -0.734. The molecule has 2 heterocycles. The molecule has 0 aromatic heterocycles. The second kappa shape index (κ2) is 11.6. The number of nitrogens with zero attached hydrogens (tertiary/aromatic N) is 1. The smallest absolute Gasteiger partial charge is 0.124 e. The number of ether oxygens (including phenoxy) is 2. The highest BCUT2D eigenvalue weighted by atomic mass is 19.1. The molecule has 2 unspecified atom stereocenters. The number of halogens is 1. The van der Waals surface area contributed by atoms with Crippen LogP contribution < -0.4 is 5.90 Å². The highest BCUT2D eigenvalue weighted by Gasteiger charge is 2.49. The third-order valence-electron chi connectivity index (χ3n) is 7.70. The van der Waals surface area contributed by atoms with Crippen LogP contribution in [0.15, 0.2) is 78.9 Å². The molecule has 3 aromatic carbocycles. The van der Waals surface area contributed by atoms with Crippen molar-refractivity contribution in [2.75, 3.05) is 32.9 Å². The van der Waals surface area contributed by atoms with Gasteiger partial charge >= 0.3 is 0 Å². The van der Waals surface area contributed by atoms with Gasteiger partial charge in [-0.15, -0.1) is 0 Å². The molecular weight excluding hydrogens is 455 g/mol. The van der Waals surface area contributed by atoms with Gasteiger partial charge in [0.1, 0.15) is 17.5 Å². The predicted octanol–water partition coefficient (Wildman–Crippen LogP) is 4.99. The molecule has 2 atom stereocenters. The van der Waals surface area contributed by atoms with E-state index in [4.69, 9.17) is 20.2 Å². The molecule has 2 N–H and O–H groups in total. The topological polar surface area (TPSA) is 57.0 Å². The van der Waals surface area contributed by atoms with Gasteiger partial charge in [0, 0.05) is 39.3 Å². The van der Waals surface area contributed by atoms with Crippen molar-refractivity contribution >= 4 is 0 Å². The van der Waals surface area contributed by atoms with E-state index in [2.05, 4.69) is 35.2 Å². The van der Waals surface area contributed by atoms with E-state index in [0.717, 1.165) is 49.2 Å². The minimum absolute atomic E-state index is 0.179. The molecule has 5 rings (SSSR count). The van der Waals surface area contributed by atoms with Crippen LogP contribution in [0.1, 0.15) is 24.0 Å². The highest BCUT2D eigenvalue weighted by Crippen LogP contribution is 2.40. The molecule has 0 amide bonds. The molecule has 2 aliphatic rings. The first-order valence-electron chi connectivity index (χ1n) is 12.9. The number of rotatable bonds is 8. The molecule has 6 heteroatoms. The maximum atomic E-state index is 14.1. The average molecular weight is 491 g/mol. The molecule has 2 saturated heterocycles. The average Bonchev–Trinajstić information content (AvgIpc) is 2.93. The van der Waals surface area contributed by atoms with Gasteiger partial charge in [-0.05, 0) is 53.1 Å². The molecule has 3 aromatic rings. The molecule has 0 bridgehead atoms. The van der Waals surface area contributed by atoms with Gasteiger partial charge in [-0.2, -0.15) is 0 Å². The summed E-state index contributed by atoms with van der Waals surface area (Å²) in [6, 6.07) is 25.4. The van der Waals surface area contributed by atoms with Crippen molar-refractivity contribution in [3.05, 3.63) is 95.8 Å². The maximum absolute atomic E-state index is 14.1. The van der Waals surface area contributed by atoms with E-state index in [0.29, 0.717) is 26.2 Å². The summed E-state index contributed by atoms with van der Waals surface area (Å²) in [4.78, 5) is 8.48. The van der Waals surface area contributed by atoms with Crippen LogP contribution in [0.25, 0.3) is 11.1 Å². The van der Waals surface area contributed by atoms with E-state index in [1.807, 2.05) is 30.3 Å². The molecule has 0 aliphatic carbocycles. The van der Waals surface area contributed by atoms with Crippen LogP contribution in [0.2, 0.25) is 0 Å². The molecule has 2 fully saturated rings. The van der Waals surface area contributed by atoms with E-state index < -0.39 is 5.60 Å². The van der Waals surface area contributed by atoms with Crippen molar-refractivity contribution in [1.29, 1.82) is 0 Å². The summed E-state index contributed by atoms with van der Waals surface area (Å²) in [5, 5.41) is 0. The predicted molar refractivity (Wildman–Crippen MR) is 139 cm³/mol. The summed E-state index contributed by atoms with van der Waals surface area (Å²) < 4.78 is 26.2. The zero-order chi connectivity index (χ0) is 24.8. The van der Waals surface area contributed by atoms with Gasteiger partial charge in [0.2, 0.25) is 0 Å². The normalized spacial score (nSPS) is 21.2. The Kier molecular flexibility index (Phi) is 8.09. The van der Waals surface area contributed by atoms with E-state index in [1.54, 1.807) is 12.1 Å². The van der Waals surface area contributed by atoms with E-state index in [-0.39, 0.29) is 17.8 Å². The lowest BCUT2D eigenvalue weighted by molar-refractivity contribution is -0.209. The van der Waals surface area contributed by atoms with Crippen molar-refractivity contribution in [1.82, 2.24) is 4.90 Å². The number of nitrogens with two attached hydrogens (primary N) is 1. The summed E-state index contributed by atoms with van der Waals surface area (Å²) in [5.74, 6) is 6.16. The Labute approximate surface area is 212 Å². The highest BCUT2D eigenvalue weighted by molar-refractivity contribution is 5.67. The molecule has 190 valence electrons. The fourth-order valence-electron chi connectivity index (χ4n) is 5.81. The largest absolute Gasteiger partial charge is 0.381 e. The third kappa shape index (κ3) is 5.53. The zero-order valence-electron chi connectivity index (χ0n) is 20.7. The van der Waals surface area contributed by atoms with Crippen LogP contribution in [0, 0.1) is 11.7 Å². The molecule has 5 nitrogen and oxygen atoms in total. The molecule has 0 saturated carbocycles. The first kappa shape index (κ1) is 25.1. The summed E-state index contributed by atoms with van der Waals surface area (Å²) in [6.45, 7) is 4.43. The van der Waals surface area contributed by atoms with Crippen LogP contribution >= 0.6 is 0 Å². The Hall–Kier alpha value is -2.61. The van der Waals surface area contributed by atoms with Crippen LogP contribution in [-0.4, -0.2) is 49.5 Å². The molecule has 2 aliphatic heterocycles. The van der Waals surface area contributed by atoms with Crippen molar-refractivity contribution in [2.45, 2.75) is 37.5 Å². The first-order chi connectivity index (χ1) is 17.7. The van der Waals surface area contributed by atoms with Crippen molar-refractivity contribution in [3.8, 4) is 11.1 Å². The van der Waals surface area contributed by atoms with Gasteiger partial charge in [-0.25, -0.2) is 10.3 Å². The molecular formula is C30H35FN2O3. The fraction of sp³-hybridized carbons (Fsp3) is 0.400. The monoisotopic (exact) mass is 490 g/mol. The maximum Gasteiger partial charge on any atom is 0.124 e. The quantitative estimate of drug-likeness (QED) is 0.451. The van der Waals surface area contributed by atoms with Crippen molar-refractivity contribution < 1.29 is 18.7 Å². The van der Waals surface area contributed by atoms with Gasteiger partial charge in [-0.1, -0.05) is 66.7 Å². The lowest BCUT2D eigenvalue weighted by Crippen LogP contribution is -2.62. The van der Waals surface area contributed by atoms with Gasteiger partial charge in [0.15, 0.2) is 0 Å². The van der Waals surface area contributed by atoms with Crippen LogP contribution in [0.5, 0.6) is 0 Å². The van der Waals surface area contributed by atoms with Crippen LogP contribution in [0.3, 0.4) is 0 Å². The summed E-state index contributed by atoms with van der Waals surface area (Å²) in [7, 11) is 0. The van der Waals surface area contributed by atoms with E-state index in [9.17, 15) is 4.39 Å². The third-order valence-corrected chi connectivity index (χ3v) is 7.70. The Balaban J connectivity index is 1.47. The number of hydrogen-bond acceptors (Lipinski definition) is 5. The zero-order valence-corrected chi connectivity index (χ0v) is 20.7. The van der Waals surface area contributed by atoms with Gasteiger partial charge in [0.05, 0.1) is 6.61 Å². The van der Waals surface area contributed by atoms with Gasteiger partial charge in [-0.3, -0.25) is 9.74 Å². The SMILES string of the molecule is NOC(Cc1ccccc1-c1cccc(F)c1)(C1CCOCC1)C1CN(Cc2ccccc2)CCO1. The van der Waals surface area contributed by atoms with Crippen LogP contribution in [0.4, 0.5) is 4.39 Å². The Morgan fingerprint density at radius 2 is 1.72 bits per heavy atom. The first-order valence-corrected chi connectivity index (χ1v) is 12.9.